The molecular weight excluding hydrogens is 188 g/mol. The minimum Gasteiger partial charge on any atom is -0.348 e. The summed E-state index contributed by atoms with van der Waals surface area (Å²) in [4.78, 5) is 0. The lowest BCUT2D eigenvalue weighted by Crippen LogP contribution is -2.31. The Morgan fingerprint density at radius 2 is 1.27 bits per heavy atom. The summed E-state index contributed by atoms with van der Waals surface area (Å²) >= 11 is 0. The molecule has 0 unspecified atom stereocenters. The van der Waals surface area contributed by atoms with Crippen LogP contribution in [0.25, 0.3) is 0 Å². The topological polar surface area (TPSA) is 18.5 Å². The minimum atomic E-state index is -0.242. The summed E-state index contributed by atoms with van der Waals surface area (Å²) in [6.07, 6.45) is 4.49. The minimum absolute atomic E-state index is 0.242. The van der Waals surface area contributed by atoms with Crippen molar-refractivity contribution in [3.05, 3.63) is 0 Å². The monoisotopic (exact) mass is 214 g/mol. The molecule has 1 rings (SSSR count). The average Bonchev–Trinajstić information content (AvgIpc) is 2.61. The van der Waals surface area contributed by atoms with Crippen molar-refractivity contribution < 1.29 is 9.47 Å². The van der Waals surface area contributed by atoms with Gasteiger partial charge in [-0.1, -0.05) is 27.7 Å². The van der Waals surface area contributed by atoms with Crippen LogP contribution >= 0.6 is 0 Å². The van der Waals surface area contributed by atoms with Crippen molar-refractivity contribution in [2.75, 3.05) is 13.2 Å². The molecular formula is C13H26O2. The molecule has 0 bridgehead atoms. The molecule has 0 aromatic heterocycles. The van der Waals surface area contributed by atoms with Crippen LogP contribution in [-0.2, 0) is 9.47 Å². The molecule has 2 heteroatoms. The van der Waals surface area contributed by atoms with Gasteiger partial charge < -0.3 is 9.47 Å². The lowest BCUT2D eigenvalue weighted by atomic mass is 9.96. The van der Waals surface area contributed by atoms with E-state index >= 15 is 0 Å². The van der Waals surface area contributed by atoms with E-state index in [9.17, 15) is 0 Å². The third kappa shape index (κ3) is 4.52. The Labute approximate surface area is 94.3 Å². The zero-order valence-corrected chi connectivity index (χ0v) is 10.7. The van der Waals surface area contributed by atoms with Crippen molar-refractivity contribution >= 4 is 0 Å². The first-order valence-corrected chi connectivity index (χ1v) is 6.32. The van der Waals surface area contributed by atoms with Crippen molar-refractivity contribution in [1.29, 1.82) is 0 Å². The summed E-state index contributed by atoms with van der Waals surface area (Å²) in [6.45, 7) is 10.6. The molecule has 0 N–H and O–H groups in total. The molecule has 15 heavy (non-hydrogen) atoms. The molecule has 0 aliphatic carbocycles. The van der Waals surface area contributed by atoms with Gasteiger partial charge in [0.1, 0.15) is 0 Å². The van der Waals surface area contributed by atoms with Gasteiger partial charge in [-0.2, -0.15) is 0 Å². The molecule has 0 amide bonds. The van der Waals surface area contributed by atoms with Crippen LogP contribution in [0.15, 0.2) is 0 Å². The van der Waals surface area contributed by atoms with Gasteiger partial charge in [-0.05, 0) is 24.7 Å². The van der Waals surface area contributed by atoms with Crippen molar-refractivity contribution in [2.24, 2.45) is 11.8 Å². The van der Waals surface area contributed by atoms with Gasteiger partial charge in [0.15, 0.2) is 5.79 Å². The second-order valence-electron chi connectivity index (χ2n) is 5.47. The first kappa shape index (κ1) is 13.0. The Morgan fingerprint density at radius 1 is 0.867 bits per heavy atom. The molecule has 1 aliphatic heterocycles. The molecule has 1 heterocycles. The Morgan fingerprint density at radius 3 is 1.60 bits per heavy atom. The lowest BCUT2D eigenvalue weighted by molar-refractivity contribution is -0.170. The third-order valence-electron chi connectivity index (χ3n) is 3.02. The number of ether oxygens (including phenoxy) is 2. The van der Waals surface area contributed by atoms with Gasteiger partial charge in [-0.25, -0.2) is 0 Å². The van der Waals surface area contributed by atoms with Crippen LogP contribution in [0.1, 0.15) is 53.4 Å². The lowest BCUT2D eigenvalue weighted by Gasteiger charge is -2.29. The predicted molar refractivity (Wildman–Crippen MR) is 62.8 cm³/mol. The van der Waals surface area contributed by atoms with Crippen LogP contribution in [0.4, 0.5) is 0 Å². The second-order valence-corrected chi connectivity index (χ2v) is 5.47. The van der Waals surface area contributed by atoms with E-state index in [1.165, 1.54) is 12.8 Å². The Hall–Kier alpha value is -0.0800. The van der Waals surface area contributed by atoms with Gasteiger partial charge in [-0.3, -0.25) is 0 Å². The van der Waals surface area contributed by atoms with E-state index in [1.807, 2.05) is 0 Å². The zero-order valence-electron chi connectivity index (χ0n) is 10.7. The summed E-state index contributed by atoms with van der Waals surface area (Å²) in [5.41, 5.74) is 0. The standard InChI is InChI=1S/C13H26O2/c1-11(2)5-7-13(8-6-12(3)4)14-9-10-15-13/h11-12H,5-10H2,1-4H3. The van der Waals surface area contributed by atoms with Crippen molar-refractivity contribution in [2.45, 2.75) is 59.2 Å². The van der Waals surface area contributed by atoms with E-state index in [2.05, 4.69) is 27.7 Å². The first-order valence-electron chi connectivity index (χ1n) is 6.32. The van der Waals surface area contributed by atoms with Crippen LogP contribution in [0.5, 0.6) is 0 Å². The van der Waals surface area contributed by atoms with Crippen LogP contribution < -0.4 is 0 Å². The number of rotatable bonds is 6. The van der Waals surface area contributed by atoms with Gasteiger partial charge in [0.2, 0.25) is 0 Å². The summed E-state index contributed by atoms with van der Waals surface area (Å²) in [6, 6.07) is 0. The van der Waals surface area contributed by atoms with E-state index in [4.69, 9.17) is 9.47 Å². The predicted octanol–water partition coefficient (Wildman–Crippen LogP) is 3.60. The maximum atomic E-state index is 5.82. The molecule has 1 fully saturated rings. The van der Waals surface area contributed by atoms with Crippen LogP contribution in [-0.4, -0.2) is 19.0 Å². The molecule has 1 aliphatic rings. The molecule has 2 nitrogen and oxygen atoms in total. The Kier molecular flexibility index (Phi) is 5.07. The Bertz CT molecular complexity index is 155. The van der Waals surface area contributed by atoms with E-state index in [-0.39, 0.29) is 5.79 Å². The summed E-state index contributed by atoms with van der Waals surface area (Å²) in [5.74, 6) is 1.22. The third-order valence-corrected chi connectivity index (χ3v) is 3.02. The van der Waals surface area contributed by atoms with Crippen molar-refractivity contribution in [1.82, 2.24) is 0 Å². The van der Waals surface area contributed by atoms with Crippen LogP contribution in [0.3, 0.4) is 0 Å². The number of hydrogen-bond donors (Lipinski definition) is 0. The molecule has 90 valence electrons. The summed E-state index contributed by atoms with van der Waals surface area (Å²) < 4.78 is 11.6. The number of hydrogen-bond acceptors (Lipinski definition) is 2. The SMILES string of the molecule is CC(C)CCC1(CCC(C)C)OCCO1. The zero-order chi connectivity index (χ0) is 11.3. The highest BCUT2D eigenvalue weighted by molar-refractivity contribution is 4.75. The maximum absolute atomic E-state index is 5.82. The molecule has 0 atom stereocenters. The van der Waals surface area contributed by atoms with Gasteiger partial charge in [0, 0.05) is 12.8 Å². The molecule has 0 radical (unpaired) electrons. The largest absolute Gasteiger partial charge is 0.348 e. The highest BCUT2D eigenvalue weighted by Gasteiger charge is 2.35. The van der Waals surface area contributed by atoms with E-state index in [0.29, 0.717) is 0 Å². The molecule has 0 aromatic carbocycles. The average molecular weight is 214 g/mol. The van der Waals surface area contributed by atoms with E-state index in [0.717, 1.165) is 37.9 Å². The molecule has 0 spiro atoms. The molecule has 1 saturated heterocycles. The smallest absolute Gasteiger partial charge is 0.168 e. The van der Waals surface area contributed by atoms with Crippen LogP contribution in [0, 0.1) is 11.8 Å². The first-order chi connectivity index (χ1) is 7.04. The Balaban J connectivity index is 2.39. The quantitative estimate of drug-likeness (QED) is 0.672. The van der Waals surface area contributed by atoms with Crippen LogP contribution in [0.2, 0.25) is 0 Å². The van der Waals surface area contributed by atoms with Gasteiger partial charge in [0.05, 0.1) is 13.2 Å². The highest BCUT2D eigenvalue weighted by Crippen LogP contribution is 2.32. The van der Waals surface area contributed by atoms with Gasteiger partial charge in [0.25, 0.3) is 0 Å². The van der Waals surface area contributed by atoms with E-state index < -0.39 is 0 Å². The second kappa shape index (κ2) is 5.86. The fraction of sp³-hybridized carbons (Fsp3) is 1.00. The summed E-state index contributed by atoms with van der Waals surface area (Å²) in [7, 11) is 0. The van der Waals surface area contributed by atoms with Crippen molar-refractivity contribution in [3.63, 3.8) is 0 Å². The van der Waals surface area contributed by atoms with Gasteiger partial charge >= 0.3 is 0 Å². The maximum Gasteiger partial charge on any atom is 0.168 e. The summed E-state index contributed by atoms with van der Waals surface area (Å²) in [5, 5.41) is 0. The van der Waals surface area contributed by atoms with E-state index in [1.54, 1.807) is 0 Å². The molecule has 0 saturated carbocycles. The highest BCUT2D eigenvalue weighted by atomic mass is 16.7. The fourth-order valence-corrected chi connectivity index (χ4v) is 1.93. The van der Waals surface area contributed by atoms with Crippen molar-refractivity contribution in [3.8, 4) is 0 Å². The molecule has 0 aromatic rings. The normalized spacial score (nSPS) is 20.4. The van der Waals surface area contributed by atoms with Gasteiger partial charge in [-0.15, -0.1) is 0 Å². The fourth-order valence-electron chi connectivity index (χ4n) is 1.93.